The van der Waals surface area contributed by atoms with E-state index in [-0.39, 0.29) is 11.3 Å². The monoisotopic (exact) mass is 410 g/mol. The number of aromatic nitrogens is 4. The summed E-state index contributed by atoms with van der Waals surface area (Å²) in [5.41, 5.74) is 0.349. The first-order valence-corrected chi connectivity index (χ1v) is 10.6. The van der Waals surface area contributed by atoms with E-state index in [1.54, 1.807) is 18.0 Å². The predicted molar refractivity (Wildman–Crippen MR) is 114 cm³/mol. The third-order valence-corrected chi connectivity index (χ3v) is 5.59. The summed E-state index contributed by atoms with van der Waals surface area (Å²) in [6.07, 6.45) is 11.9. The van der Waals surface area contributed by atoms with Gasteiger partial charge in [-0.2, -0.15) is 0 Å². The lowest BCUT2D eigenvalue weighted by Crippen LogP contribution is -2.22. The van der Waals surface area contributed by atoms with Crippen LogP contribution in [0.15, 0.2) is 58.7 Å². The highest BCUT2D eigenvalue weighted by molar-refractivity contribution is 7.98. The number of hydrogen-bond acceptors (Lipinski definition) is 8. The van der Waals surface area contributed by atoms with Gasteiger partial charge in [0.05, 0.1) is 11.9 Å². The van der Waals surface area contributed by atoms with Crippen molar-refractivity contribution in [2.75, 3.05) is 16.9 Å². The third-order valence-electron chi connectivity index (χ3n) is 4.91. The molecule has 8 nitrogen and oxygen atoms in total. The maximum Gasteiger partial charge on any atom is 0.258 e. The second-order valence-corrected chi connectivity index (χ2v) is 7.82. The molecule has 0 bridgehead atoms. The molecule has 4 rings (SSSR count). The topological polar surface area (TPSA) is 105 Å². The molecule has 1 aliphatic rings. The molecule has 0 unspecified atom stereocenters. The van der Waals surface area contributed by atoms with Gasteiger partial charge in [0.1, 0.15) is 11.6 Å². The quantitative estimate of drug-likeness (QED) is 0.533. The van der Waals surface area contributed by atoms with Gasteiger partial charge in [0, 0.05) is 41.6 Å². The fourth-order valence-corrected chi connectivity index (χ4v) is 3.74. The highest BCUT2D eigenvalue weighted by Gasteiger charge is 2.25. The van der Waals surface area contributed by atoms with Crippen molar-refractivity contribution in [3.8, 4) is 11.4 Å². The molecular formula is C20H22N6O2S. The normalized spacial score (nSPS) is 18.5. The fraction of sp³-hybridized carbons (Fsp3) is 0.300. The van der Waals surface area contributed by atoms with Gasteiger partial charge in [-0.15, -0.1) is 11.8 Å². The maximum atomic E-state index is 12.0. The van der Waals surface area contributed by atoms with Gasteiger partial charge >= 0.3 is 0 Å². The second kappa shape index (κ2) is 8.52. The number of anilines is 2. The molecular weight excluding hydrogens is 388 g/mol. The number of pyridine rings is 2. The molecule has 0 saturated heterocycles. The van der Waals surface area contributed by atoms with Gasteiger partial charge in [0.25, 0.3) is 5.56 Å². The SMILES string of the molecule is CSc1cnc(N[C@H]2CC[C@H](Nc3ccc(-n4ccc(O)cc4=O)cn3)C2)nc1. The van der Waals surface area contributed by atoms with Crippen LogP contribution >= 0.6 is 11.8 Å². The van der Waals surface area contributed by atoms with Crippen LogP contribution in [-0.2, 0) is 0 Å². The largest absolute Gasteiger partial charge is 0.508 e. The molecule has 3 N–H and O–H groups in total. The molecule has 1 fully saturated rings. The Kier molecular flexibility index (Phi) is 5.66. The molecule has 1 saturated carbocycles. The lowest BCUT2D eigenvalue weighted by molar-refractivity contribution is 0.473. The Hall–Kier alpha value is -3.07. The average molecular weight is 411 g/mol. The van der Waals surface area contributed by atoms with E-state index in [1.165, 1.54) is 22.9 Å². The molecule has 0 radical (unpaired) electrons. The van der Waals surface area contributed by atoms with Crippen LogP contribution in [-0.4, -0.2) is 43.0 Å². The summed E-state index contributed by atoms with van der Waals surface area (Å²) in [4.78, 5) is 26.2. The Bertz CT molecular complexity index is 1020. The van der Waals surface area contributed by atoms with Crippen LogP contribution in [0.4, 0.5) is 11.8 Å². The number of thioether (sulfide) groups is 1. The molecule has 0 aromatic carbocycles. The van der Waals surface area contributed by atoms with Crippen molar-refractivity contribution in [1.82, 2.24) is 19.5 Å². The van der Waals surface area contributed by atoms with E-state index in [0.29, 0.717) is 23.7 Å². The van der Waals surface area contributed by atoms with Crippen LogP contribution in [0.25, 0.3) is 5.69 Å². The van der Waals surface area contributed by atoms with Crippen LogP contribution in [0.3, 0.4) is 0 Å². The van der Waals surface area contributed by atoms with Crippen molar-refractivity contribution in [2.24, 2.45) is 0 Å². The highest BCUT2D eigenvalue weighted by atomic mass is 32.2. The van der Waals surface area contributed by atoms with E-state index < -0.39 is 0 Å². The summed E-state index contributed by atoms with van der Waals surface area (Å²) in [7, 11) is 0. The van der Waals surface area contributed by atoms with Crippen LogP contribution < -0.4 is 16.2 Å². The van der Waals surface area contributed by atoms with Gasteiger partial charge < -0.3 is 15.7 Å². The van der Waals surface area contributed by atoms with Crippen molar-refractivity contribution in [3.05, 3.63) is 59.4 Å². The molecule has 0 spiro atoms. The minimum atomic E-state index is -0.301. The van der Waals surface area contributed by atoms with E-state index in [2.05, 4.69) is 25.6 Å². The van der Waals surface area contributed by atoms with Crippen molar-refractivity contribution in [1.29, 1.82) is 0 Å². The fourth-order valence-electron chi connectivity index (χ4n) is 3.43. The first-order valence-electron chi connectivity index (χ1n) is 9.38. The van der Waals surface area contributed by atoms with Gasteiger partial charge in [-0.05, 0) is 43.7 Å². The zero-order valence-corrected chi connectivity index (χ0v) is 16.8. The van der Waals surface area contributed by atoms with Crippen molar-refractivity contribution in [3.63, 3.8) is 0 Å². The molecule has 0 amide bonds. The van der Waals surface area contributed by atoms with Crippen molar-refractivity contribution < 1.29 is 5.11 Å². The second-order valence-electron chi connectivity index (χ2n) is 6.94. The number of rotatable bonds is 6. The molecule has 1 aliphatic carbocycles. The minimum absolute atomic E-state index is 0.0486. The Balaban J connectivity index is 1.34. The molecule has 150 valence electrons. The van der Waals surface area contributed by atoms with E-state index >= 15 is 0 Å². The average Bonchev–Trinajstić information content (AvgIpc) is 3.16. The number of aromatic hydroxyl groups is 1. The Labute approximate surface area is 172 Å². The molecule has 3 aromatic heterocycles. The molecule has 9 heteroatoms. The maximum absolute atomic E-state index is 12.0. The Morgan fingerprint density at radius 1 is 1.07 bits per heavy atom. The van der Waals surface area contributed by atoms with Gasteiger partial charge in [0.2, 0.25) is 5.95 Å². The standard InChI is InChI=1S/C20H22N6O2S/c1-29-17-11-22-20(23-12-17)25-14-3-2-13(8-14)24-18-5-4-15(10-21-18)26-7-6-16(27)9-19(26)28/h4-7,9-14,27H,2-3,8H2,1H3,(H,21,24)(H,22,23,25)/t13-,14-/m0/s1. The summed E-state index contributed by atoms with van der Waals surface area (Å²) < 4.78 is 1.44. The van der Waals surface area contributed by atoms with Crippen molar-refractivity contribution >= 4 is 23.5 Å². The van der Waals surface area contributed by atoms with E-state index in [4.69, 9.17) is 0 Å². The smallest absolute Gasteiger partial charge is 0.258 e. The highest BCUT2D eigenvalue weighted by Crippen LogP contribution is 2.25. The predicted octanol–water partition coefficient (Wildman–Crippen LogP) is 2.90. The molecule has 0 aliphatic heterocycles. The summed E-state index contributed by atoms with van der Waals surface area (Å²) in [5, 5.41) is 16.2. The Morgan fingerprint density at radius 2 is 1.83 bits per heavy atom. The van der Waals surface area contributed by atoms with Crippen LogP contribution in [0.5, 0.6) is 5.75 Å². The summed E-state index contributed by atoms with van der Waals surface area (Å²) >= 11 is 1.62. The minimum Gasteiger partial charge on any atom is -0.508 e. The van der Waals surface area contributed by atoms with Crippen LogP contribution in [0, 0.1) is 0 Å². The van der Waals surface area contributed by atoms with Crippen LogP contribution in [0.1, 0.15) is 19.3 Å². The first-order chi connectivity index (χ1) is 14.1. The zero-order valence-electron chi connectivity index (χ0n) is 15.9. The number of nitrogens with one attached hydrogen (secondary N) is 2. The zero-order chi connectivity index (χ0) is 20.2. The molecule has 3 heterocycles. The first kappa shape index (κ1) is 19.3. The summed E-state index contributed by atoms with van der Waals surface area (Å²) in [5.74, 6) is 1.38. The molecule has 29 heavy (non-hydrogen) atoms. The van der Waals surface area contributed by atoms with E-state index in [0.717, 1.165) is 30.0 Å². The summed E-state index contributed by atoms with van der Waals surface area (Å²) in [6, 6.07) is 6.97. The number of nitrogens with zero attached hydrogens (tertiary/aromatic N) is 4. The summed E-state index contributed by atoms with van der Waals surface area (Å²) in [6.45, 7) is 0. The Morgan fingerprint density at radius 3 is 2.48 bits per heavy atom. The van der Waals surface area contributed by atoms with E-state index in [1.807, 2.05) is 30.8 Å². The lowest BCUT2D eigenvalue weighted by atomic mass is 10.2. The van der Waals surface area contributed by atoms with Gasteiger partial charge in [-0.25, -0.2) is 15.0 Å². The number of hydrogen-bond donors (Lipinski definition) is 3. The van der Waals surface area contributed by atoms with Crippen LogP contribution in [0.2, 0.25) is 0 Å². The van der Waals surface area contributed by atoms with Gasteiger partial charge in [-0.1, -0.05) is 0 Å². The van der Waals surface area contributed by atoms with Gasteiger partial charge in [-0.3, -0.25) is 9.36 Å². The van der Waals surface area contributed by atoms with E-state index in [9.17, 15) is 9.90 Å². The molecule has 3 aromatic rings. The van der Waals surface area contributed by atoms with Crippen molar-refractivity contribution in [2.45, 2.75) is 36.2 Å². The lowest BCUT2D eigenvalue weighted by Gasteiger charge is -2.15. The third kappa shape index (κ3) is 4.68. The van der Waals surface area contributed by atoms with Gasteiger partial charge in [0.15, 0.2) is 0 Å². The molecule has 2 atom stereocenters.